The molecule has 1 aromatic heterocycles. The van der Waals surface area contributed by atoms with Crippen LogP contribution < -0.4 is 15.0 Å². The number of carbonyl (C=O) groups excluding carboxylic acids is 1. The van der Waals surface area contributed by atoms with Gasteiger partial charge in [-0.1, -0.05) is 30.3 Å². The summed E-state index contributed by atoms with van der Waals surface area (Å²) in [6, 6.07) is 21.1. The Labute approximate surface area is 159 Å². The monoisotopic (exact) mass is 361 g/mol. The third kappa shape index (κ3) is 4.85. The molecule has 1 heterocycles. The summed E-state index contributed by atoms with van der Waals surface area (Å²) in [6.07, 6.45) is 1.79. The van der Waals surface area contributed by atoms with Crippen molar-refractivity contribution < 1.29 is 9.53 Å². The van der Waals surface area contributed by atoms with Gasteiger partial charge in [0.15, 0.2) is 0 Å². The van der Waals surface area contributed by atoms with E-state index in [1.54, 1.807) is 37.6 Å². The second-order valence-corrected chi connectivity index (χ2v) is 6.08. The fourth-order valence-electron chi connectivity index (χ4n) is 2.77. The molecule has 0 fully saturated rings. The number of anilines is 2. The Morgan fingerprint density at radius 3 is 2.37 bits per heavy atom. The molecule has 5 heteroatoms. The van der Waals surface area contributed by atoms with Crippen LogP contribution in [0.15, 0.2) is 72.9 Å². The van der Waals surface area contributed by atoms with Crippen molar-refractivity contribution in [1.82, 2.24) is 4.98 Å². The minimum absolute atomic E-state index is 0.200. The largest absolute Gasteiger partial charge is 0.497 e. The van der Waals surface area contributed by atoms with E-state index in [0.29, 0.717) is 17.1 Å². The van der Waals surface area contributed by atoms with Crippen LogP contribution in [0, 0.1) is 0 Å². The van der Waals surface area contributed by atoms with E-state index < -0.39 is 0 Å². The predicted octanol–water partition coefficient (Wildman–Crippen LogP) is 4.37. The molecule has 0 atom stereocenters. The van der Waals surface area contributed by atoms with Crippen molar-refractivity contribution in [2.24, 2.45) is 0 Å². The summed E-state index contributed by atoms with van der Waals surface area (Å²) >= 11 is 0. The summed E-state index contributed by atoms with van der Waals surface area (Å²) in [6.45, 7) is 3.80. The minimum Gasteiger partial charge on any atom is -0.497 e. The fraction of sp³-hybridized carbons (Fsp3) is 0.182. The van der Waals surface area contributed by atoms with Gasteiger partial charge in [0, 0.05) is 18.7 Å². The van der Waals surface area contributed by atoms with Crippen molar-refractivity contribution in [3.63, 3.8) is 0 Å². The van der Waals surface area contributed by atoms with Gasteiger partial charge in [0.2, 0.25) is 0 Å². The van der Waals surface area contributed by atoms with E-state index in [1.807, 2.05) is 30.3 Å². The zero-order valence-corrected chi connectivity index (χ0v) is 15.6. The summed E-state index contributed by atoms with van der Waals surface area (Å²) in [5.41, 5.74) is 2.82. The number of pyridine rings is 1. The molecule has 0 saturated heterocycles. The lowest BCUT2D eigenvalue weighted by Gasteiger charge is -2.23. The summed E-state index contributed by atoms with van der Waals surface area (Å²) in [5.74, 6) is 1.04. The van der Waals surface area contributed by atoms with Gasteiger partial charge in [-0.25, -0.2) is 4.98 Å². The smallest absolute Gasteiger partial charge is 0.256 e. The molecule has 0 aliphatic rings. The molecule has 0 aliphatic heterocycles. The van der Waals surface area contributed by atoms with Crippen LogP contribution in [-0.4, -0.2) is 24.5 Å². The van der Waals surface area contributed by atoms with Crippen LogP contribution in [-0.2, 0) is 6.54 Å². The quantitative estimate of drug-likeness (QED) is 0.679. The van der Waals surface area contributed by atoms with Gasteiger partial charge in [0.1, 0.15) is 11.6 Å². The van der Waals surface area contributed by atoms with E-state index in [-0.39, 0.29) is 5.91 Å². The maximum absolute atomic E-state index is 12.3. The van der Waals surface area contributed by atoms with Crippen molar-refractivity contribution in [3.05, 3.63) is 84.1 Å². The van der Waals surface area contributed by atoms with Crippen molar-refractivity contribution in [2.75, 3.05) is 23.9 Å². The molecule has 1 amide bonds. The molecular weight excluding hydrogens is 338 g/mol. The Bertz CT molecular complexity index is 862. The molecule has 3 rings (SSSR count). The molecule has 1 N–H and O–H groups in total. The Balaban J connectivity index is 1.65. The van der Waals surface area contributed by atoms with Gasteiger partial charge in [-0.05, 0) is 48.9 Å². The number of benzene rings is 2. The molecule has 138 valence electrons. The van der Waals surface area contributed by atoms with Crippen molar-refractivity contribution in [1.29, 1.82) is 0 Å². The SMILES string of the molecule is CCN(Cc1ccccc1)c1ccc(NC(=O)c2ccc(OC)cc2)nc1. The first kappa shape index (κ1) is 18.5. The summed E-state index contributed by atoms with van der Waals surface area (Å²) in [5, 5.41) is 2.82. The average Bonchev–Trinajstić information content (AvgIpc) is 2.73. The maximum atomic E-state index is 12.3. The van der Waals surface area contributed by atoms with Gasteiger partial charge in [0.25, 0.3) is 5.91 Å². The van der Waals surface area contributed by atoms with Crippen molar-refractivity contribution in [3.8, 4) is 5.75 Å². The van der Waals surface area contributed by atoms with E-state index in [4.69, 9.17) is 4.74 Å². The highest BCUT2D eigenvalue weighted by atomic mass is 16.5. The van der Waals surface area contributed by atoms with Crippen LogP contribution in [0.1, 0.15) is 22.8 Å². The van der Waals surface area contributed by atoms with Gasteiger partial charge in [0.05, 0.1) is 19.0 Å². The number of nitrogens with zero attached hydrogens (tertiary/aromatic N) is 2. The number of aromatic nitrogens is 1. The Morgan fingerprint density at radius 2 is 1.78 bits per heavy atom. The summed E-state index contributed by atoms with van der Waals surface area (Å²) in [4.78, 5) is 19.0. The fourth-order valence-corrected chi connectivity index (χ4v) is 2.77. The van der Waals surface area contributed by atoms with E-state index in [9.17, 15) is 4.79 Å². The van der Waals surface area contributed by atoms with E-state index in [2.05, 4.69) is 34.3 Å². The second-order valence-electron chi connectivity index (χ2n) is 6.08. The van der Waals surface area contributed by atoms with Gasteiger partial charge in [-0.2, -0.15) is 0 Å². The predicted molar refractivity (Wildman–Crippen MR) is 108 cm³/mol. The first-order valence-electron chi connectivity index (χ1n) is 8.90. The Morgan fingerprint density at radius 1 is 1.04 bits per heavy atom. The molecule has 27 heavy (non-hydrogen) atoms. The van der Waals surface area contributed by atoms with Crippen molar-refractivity contribution in [2.45, 2.75) is 13.5 Å². The number of hydrogen-bond acceptors (Lipinski definition) is 4. The van der Waals surface area contributed by atoms with Gasteiger partial charge in [-0.15, -0.1) is 0 Å². The van der Waals surface area contributed by atoms with Crippen LogP contribution in [0.4, 0.5) is 11.5 Å². The molecule has 0 bridgehead atoms. The van der Waals surface area contributed by atoms with Crippen LogP contribution >= 0.6 is 0 Å². The summed E-state index contributed by atoms with van der Waals surface area (Å²) < 4.78 is 5.11. The first-order valence-corrected chi connectivity index (χ1v) is 8.90. The minimum atomic E-state index is -0.200. The van der Waals surface area contributed by atoms with E-state index >= 15 is 0 Å². The van der Waals surface area contributed by atoms with E-state index in [1.165, 1.54) is 5.56 Å². The second kappa shape index (κ2) is 8.85. The van der Waals surface area contributed by atoms with Crippen LogP contribution in [0.2, 0.25) is 0 Å². The first-order chi connectivity index (χ1) is 13.2. The number of methoxy groups -OCH3 is 1. The number of hydrogen-bond donors (Lipinski definition) is 1. The lowest BCUT2D eigenvalue weighted by atomic mass is 10.2. The van der Waals surface area contributed by atoms with E-state index in [0.717, 1.165) is 18.8 Å². The molecule has 0 radical (unpaired) electrons. The Kier molecular flexibility index (Phi) is 6.05. The number of amides is 1. The van der Waals surface area contributed by atoms with Crippen LogP contribution in [0.5, 0.6) is 5.75 Å². The highest BCUT2D eigenvalue weighted by molar-refractivity contribution is 6.03. The lowest BCUT2D eigenvalue weighted by Crippen LogP contribution is -2.22. The molecule has 0 aliphatic carbocycles. The molecule has 2 aromatic carbocycles. The number of ether oxygens (including phenoxy) is 1. The zero-order chi connectivity index (χ0) is 19.1. The van der Waals surface area contributed by atoms with Gasteiger partial charge in [-0.3, -0.25) is 4.79 Å². The van der Waals surface area contributed by atoms with Crippen LogP contribution in [0.3, 0.4) is 0 Å². The van der Waals surface area contributed by atoms with Crippen molar-refractivity contribution >= 4 is 17.4 Å². The maximum Gasteiger partial charge on any atom is 0.256 e. The molecule has 0 saturated carbocycles. The molecular formula is C22H23N3O2. The van der Waals surface area contributed by atoms with Gasteiger partial charge < -0.3 is 15.0 Å². The lowest BCUT2D eigenvalue weighted by molar-refractivity contribution is 0.102. The third-order valence-electron chi connectivity index (χ3n) is 4.30. The average molecular weight is 361 g/mol. The normalized spacial score (nSPS) is 10.3. The highest BCUT2D eigenvalue weighted by Gasteiger charge is 2.09. The number of rotatable bonds is 7. The zero-order valence-electron chi connectivity index (χ0n) is 15.6. The highest BCUT2D eigenvalue weighted by Crippen LogP contribution is 2.18. The third-order valence-corrected chi connectivity index (χ3v) is 4.30. The molecule has 0 unspecified atom stereocenters. The topological polar surface area (TPSA) is 54.5 Å². The summed E-state index contributed by atoms with van der Waals surface area (Å²) in [7, 11) is 1.60. The number of carbonyl (C=O) groups is 1. The standard InChI is InChI=1S/C22H23N3O2/c1-3-25(16-17-7-5-4-6-8-17)19-11-14-21(23-15-19)24-22(26)18-9-12-20(27-2)13-10-18/h4-15H,3,16H2,1-2H3,(H,23,24,26). The molecule has 5 nitrogen and oxygen atoms in total. The van der Waals surface area contributed by atoms with Gasteiger partial charge >= 0.3 is 0 Å². The molecule has 3 aromatic rings. The molecule has 0 spiro atoms. The number of nitrogens with one attached hydrogen (secondary N) is 1. The Hall–Kier alpha value is -3.34. The van der Waals surface area contributed by atoms with Crippen LogP contribution in [0.25, 0.3) is 0 Å².